The van der Waals surface area contributed by atoms with Crippen LogP contribution in [0, 0.1) is 13.8 Å². The molecular weight excluding hydrogens is 276 g/mol. The molecule has 0 aliphatic rings. The largest absolute Gasteiger partial charge is 0.494 e. The van der Waals surface area contributed by atoms with Gasteiger partial charge in [-0.15, -0.1) is 0 Å². The number of aryl methyl sites for hydroxylation is 2. The van der Waals surface area contributed by atoms with Crippen LogP contribution in [0.2, 0.25) is 13.1 Å². The summed E-state index contributed by atoms with van der Waals surface area (Å²) in [5.74, 6) is 0.808. The summed E-state index contributed by atoms with van der Waals surface area (Å²) in [6.45, 7) is 8.48. The quantitative estimate of drug-likeness (QED) is 0.604. The average Bonchev–Trinajstić information content (AvgIpc) is 2.46. The normalized spacial score (nSPS) is 11.9. The molecule has 0 saturated heterocycles. The maximum atomic E-state index is 5.46. The van der Waals surface area contributed by atoms with Crippen molar-refractivity contribution in [1.82, 2.24) is 0 Å². The maximum absolute atomic E-state index is 5.46. The second-order valence-electron chi connectivity index (χ2n) is 5.76. The van der Waals surface area contributed by atoms with Gasteiger partial charge in [0.15, 0.2) is 0 Å². The molecule has 2 aromatic carbocycles. The molecule has 0 fully saturated rings. The van der Waals surface area contributed by atoms with Crippen LogP contribution in [0.1, 0.15) is 11.1 Å². The van der Waals surface area contributed by atoms with E-state index in [1.807, 2.05) is 19.1 Å². The van der Waals surface area contributed by atoms with Crippen LogP contribution in [0.5, 0.6) is 5.75 Å². The number of nitrogens with zero attached hydrogens (tertiary/aromatic N) is 2. The summed E-state index contributed by atoms with van der Waals surface area (Å²) in [4.78, 5) is 0. The van der Waals surface area contributed by atoms with Gasteiger partial charge in [0.2, 0.25) is 8.24 Å². The fourth-order valence-electron chi connectivity index (χ4n) is 2.35. The van der Waals surface area contributed by atoms with Crippen molar-refractivity contribution in [3.05, 3.63) is 53.6 Å². The number of hydrogen-bond acceptors (Lipinski definition) is 3. The standard InChI is InChI=1S/C17H22N2OSi/c1-13-11-14(2)17(20-3)16(12-13)18-19-21(4,5)15-9-7-6-8-10-15/h6-12H,1-5H3. The molecule has 4 heteroatoms. The third-order valence-electron chi connectivity index (χ3n) is 3.49. The molecule has 0 aromatic heterocycles. The van der Waals surface area contributed by atoms with E-state index >= 15 is 0 Å². The van der Waals surface area contributed by atoms with Crippen molar-refractivity contribution in [3.63, 3.8) is 0 Å². The first kappa shape index (κ1) is 15.4. The van der Waals surface area contributed by atoms with E-state index in [1.54, 1.807) is 7.11 Å². The minimum Gasteiger partial charge on any atom is -0.494 e. The third kappa shape index (κ3) is 3.58. The van der Waals surface area contributed by atoms with E-state index in [1.165, 1.54) is 10.8 Å². The number of ether oxygens (including phenoxy) is 1. The Morgan fingerprint density at radius 1 is 1.00 bits per heavy atom. The fourth-order valence-corrected chi connectivity index (χ4v) is 3.84. The van der Waals surface area contributed by atoms with Crippen LogP contribution in [-0.4, -0.2) is 15.3 Å². The Bertz CT molecular complexity index is 651. The number of methoxy groups -OCH3 is 1. The van der Waals surface area contributed by atoms with E-state index in [9.17, 15) is 0 Å². The number of benzene rings is 2. The van der Waals surface area contributed by atoms with E-state index in [0.717, 1.165) is 17.0 Å². The lowest BCUT2D eigenvalue weighted by atomic mass is 10.1. The molecule has 0 radical (unpaired) electrons. The molecule has 0 spiro atoms. The molecule has 3 nitrogen and oxygen atoms in total. The molecule has 0 aliphatic heterocycles. The topological polar surface area (TPSA) is 34.0 Å². The van der Waals surface area contributed by atoms with Gasteiger partial charge >= 0.3 is 0 Å². The van der Waals surface area contributed by atoms with E-state index in [-0.39, 0.29) is 0 Å². The minimum atomic E-state index is -1.93. The molecule has 0 heterocycles. The van der Waals surface area contributed by atoms with Crippen molar-refractivity contribution in [2.75, 3.05) is 7.11 Å². The van der Waals surface area contributed by atoms with Crippen LogP contribution in [0.4, 0.5) is 5.69 Å². The third-order valence-corrected chi connectivity index (χ3v) is 5.84. The lowest BCUT2D eigenvalue weighted by Gasteiger charge is -2.16. The van der Waals surface area contributed by atoms with Crippen molar-refractivity contribution in [2.24, 2.45) is 9.89 Å². The van der Waals surface area contributed by atoms with Gasteiger partial charge in [-0.25, -0.2) is 4.78 Å². The molecule has 2 aromatic rings. The molecule has 0 bridgehead atoms. The zero-order valence-corrected chi connectivity index (χ0v) is 14.3. The number of rotatable bonds is 4. The van der Waals surface area contributed by atoms with Crippen molar-refractivity contribution in [2.45, 2.75) is 26.9 Å². The highest BCUT2D eigenvalue weighted by molar-refractivity contribution is 6.88. The molecule has 0 amide bonds. The molecular formula is C17H22N2OSi. The molecule has 0 unspecified atom stereocenters. The van der Waals surface area contributed by atoms with Gasteiger partial charge in [0.25, 0.3) is 0 Å². The van der Waals surface area contributed by atoms with E-state index in [0.29, 0.717) is 0 Å². The summed E-state index contributed by atoms with van der Waals surface area (Å²) >= 11 is 0. The van der Waals surface area contributed by atoms with E-state index in [2.05, 4.69) is 60.2 Å². The van der Waals surface area contributed by atoms with Crippen LogP contribution in [0.15, 0.2) is 52.4 Å². The van der Waals surface area contributed by atoms with Gasteiger partial charge in [0.1, 0.15) is 11.4 Å². The van der Waals surface area contributed by atoms with Gasteiger partial charge < -0.3 is 4.74 Å². The van der Waals surface area contributed by atoms with Crippen LogP contribution in [0.25, 0.3) is 0 Å². The smallest absolute Gasteiger partial charge is 0.234 e. The highest BCUT2D eigenvalue weighted by atomic mass is 28.3. The fraction of sp³-hybridized carbons (Fsp3) is 0.294. The zero-order chi connectivity index (χ0) is 15.5. The summed E-state index contributed by atoms with van der Waals surface area (Å²) in [6.07, 6.45) is 0. The SMILES string of the molecule is COc1c(C)cc(C)cc1N=N[Si](C)(C)c1ccccc1. The molecule has 0 N–H and O–H groups in total. The van der Waals surface area contributed by atoms with Crippen molar-refractivity contribution < 1.29 is 4.74 Å². The van der Waals surface area contributed by atoms with Gasteiger partial charge in [-0.1, -0.05) is 36.4 Å². The Labute approximate surface area is 127 Å². The van der Waals surface area contributed by atoms with Crippen molar-refractivity contribution in [3.8, 4) is 5.75 Å². The Hall–Kier alpha value is -1.94. The minimum absolute atomic E-state index is 0.808. The highest BCUT2D eigenvalue weighted by Crippen LogP contribution is 2.33. The summed E-state index contributed by atoms with van der Waals surface area (Å²) in [7, 11) is -0.253. The van der Waals surface area contributed by atoms with Crippen LogP contribution in [0.3, 0.4) is 0 Å². The molecule has 0 saturated carbocycles. The van der Waals surface area contributed by atoms with Crippen LogP contribution in [-0.2, 0) is 0 Å². The first-order chi connectivity index (χ1) is 9.94. The van der Waals surface area contributed by atoms with Gasteiger partial charge in [-0.3, -0.25) is 0 Å². The summed E-state index contributed by atoms with van der Waals surface area (Å²) < 4.78 is 10.1. The first-order valence-corrected chi connectivity index (χ1v) is 10.0. The second-order valence-corrected chi connectivity index (χ2v) is 9.65. The van der Waals surface area contributed by atoms with Gasteiger partial charge in [0, 0.05) is 0 Å². The summed E-state index contributed by atoms with van der Waals surface area (Å²) in [5.41, 5.74) is 3.07. The van der Waals surface area contributed by atoms with Crippen molar-refractivity contribution in [1.29, 1.82) is 0 Å². The predicted octanol–water partition coefficient (Wildman–Crippen LogP) is 4.51. The Balaban J connectivity index is 2.37. The number of hydrogen-bond donors (Lipinski definition) is 0. The van der Waals surface area contributed by atoms with Gasteiger partial charge in [-0.05, 0) is 49.3 Å². The van der Waals surface area contributed by atoms with Crippen molar-refractivity contribution >= 4 is 19.1 Å². The Morgan fingerprint density at radius 3 is 2.29 bits per heavy atom. The maximum Gasteiger partial charge on any atom is 0.234 e. The molecule has 2 rings (SSSR count). The molecule has 110 valence electrons. The monoisotopic (exact) mass is 298 g/mol. The lowest BCUT2D eigenvalue weighted by Crippen LogP contribution is -2.38. The second kappa shape index (κ2) is 6.22. The molecule has 0 aliphatic carbocycles. The summed E-state index contributed by atoms with van der Waals surface area (Å²) in [5, 5.41) is 5.78. The highest BCUT2D eigenvalue weighted by Gasteiger charge is 2.23. The average molecular weight is 298 g/mol. The summed E-state index contributed by atoms with van der Waals surface area (Å²) in [6, 6.07) is 14.5. The van der Waals surface area contributed by atoms with E-state index in [4.69, 9.17) is 4.74 Å². The Morgan fingerprint density at radius 2 is 1.67 bits per heavy atom. The molecule has 0 atom stereocenters. The van der Waals surface area contributed by atoms with Gasteiger partial charge in [-0.2, -0.15) is 5.11 Å². The van der Waals surface area contributed by atoms with Gasteiger partial charge in [0.05, 0.1) is 7.11 Å². The predicted molar refractivity (Wildman–Crippen MR) is 90.5 cm³/mol. The molecule has 21 heavy (non-hydrogen) atoms. The van der Waals surface area contributed by atoms with E-state index < -0.39 is 8.24 Å². The Kier molecular flexibility index (Phi) is 4.58. The first-order valence-electron chi connectivity index (χ1n) is 7.07. The lowest BCUT2D eigenvalue weighted by molar-refractivity contribution is 0.412. The van der Waals surface area contributed by atoms with Crippen LogP contribution < -0.4 is 9.92 Å². The zero-order valence-electron chi connectivity index (χ0n) is 13.3. The van der Waals surface area contributed by atoms with Crippen LogP contribution >= 0.6 is 0 Å².